The first-order valence-electron chi connectivity index (χ1n) is 5.87. The average Bonchev–Trinajstić information content (AvgIpc) is 2.26. The number of aromatic nitrogens is 1. The van der Waals surface area contributed by atoms with Gasteiger partial charge in [-0.25, -0.2) is 8.78 Å². The smallest absolute Gasteiger partial charge is 0.194 e. The minimum absolute atomic E-state index is 0.0754. The van der Waals surface area contributed by atoms with Gasteiger partial charge in [-0.15, -0.1) is 0 Å². The Bertz CT molecular complexity index is 416. The van der Waals surface area contributed by atoms with E-state index in [2.05, 4.69) is 4.98 Å². The van der Waals surface area contributed by atoms with Gasteiger partial charge in [0.25, 0.3) is 0 Å². The van der Waals surface area contributed by atoms with E-state index in [4.69, 9.17) is 9.84 Å². The van der Waals surface area contributed by atoms with Crippen molar-refractivity contribution in [2.75, 3.05) is 6.61 Å². The predicted octanol–water partition coefficient (Wildman–Crippen LogP) is 2.71. The summed E-state index contributed by atoms with van der Waals surface area (Å²) < 4.78 is 32.8. The highest BCUT2D eigenvalue weighted by atomic mass is 19.1. The highest BCUT2D eigenvalue weighted by Crippen LogP contribution is 2.27. The molecule has 3 nitrogen and oxygen atoms in total. The standard InChI is InChI=1S/C13H19F2NO2/c1-8(7-17)5-10-11(15)12(9(14)6-16-10)18-13(2,3)4/h6,8,17H,5,7H2,1-4H3/t8-/m1/s1. The van der Waals surface area contributed by atoms with Gasteiger partial charge in [-0.1, -0.05) is 6.92 Å². The zero-order chi connectivity index (χ0) is 13.9. The average molecular weight is 259 g/mol. The molecule has 1 atom stereocenters. The van der Waals surface area contributed by atoms with Crippen LogP contribution in [0.15, 0.2) is 6.20 Å². The third-order valence-electron chi connectivity index (χ3n) is 2.27. The van der Waals surface area contributed by atoms with Gasteiger partial charge in [0.05, 0.1) is 11.9 Å². The molecule has 0 bridgehead atoms. The molecule has 0 aliphatic carbocycles. The topological polar surface area (TPSA) is 42.4 Å². The maximum Gasteiger partial charge on any atom is 0.194 e. The Morgan fingerprint density at radius 3 is 2.50 bits per heavy atom. The largest absolute Gasteiger partial charge is 0.482 e. The number of pyridine rings is 1. The van der Waals surface area contributed by atoms with Crippen LogP contribution in [0.3, 0.4) is 0 Å². The van der Waals surface area contributed by atoms with Gasteiger partial charge in [-0.2, -0.15) is 0 Å². The Morgan fingerprint density at radius 2 is 2.00 bits per heavy atom. The number of ether oxygens (including phenoxy) is 1. The summed E-state index contributed by atoms with van der Waals surface area (Å²) >= 11 is 0. The van der Waals surface area contributed by atoms with Crippen LogP contribution in [0, 0.1) is 17.6 Å². The normalized spacial score (nSPS) is 13.5. The van der Waals surface area contributed by atoms with E-state index in [1.165, 1.54) is 0 Å². The van der Waals surface area contributed by atoms with Gasteiger partial charge >= 0.3 is 0 Å². The summed E-state index contributed by atoms with van der Waals surface area (Å²) in [6, 6.07) is 0. The van der Waals surface area contributed by atoms with E-state index in [0.29, 0.717) is 0 Å². The number of aliphatic hydroxyl groups excluding tert-OH is 1. The molecule has 0 aliphatic heterocycles. The second-order valence-corrected chi connectivity index (χ2v) is 5.40. The van der Waals surface area contributed by atoms with Crippen LogP contribution in [-0.4, -0.2) is 22.3 Å². The van der Waals surface area contributed by atoms with Crippen LogP contribution in [0.1, 0.15) is 33.4 Å². The Morgan fingerprint density at radius 1 is 1.39 bits per heavy atom. The fourth-order valence-electron chi connectivity index (χ4n) is 1.42. The first-order valence-corrected chi connectivity index (χ1v) is 5.87. The lowest BCUT2D eigenvalue weighted by molar-refractivity contribution is 0.116. The first kappa shape index (κ1) is 14.8. The second kappa shape index (κ2) is 5.61. The minimum Gasteiger partial charge on any atom is -0.482 e. The number of rotatable bonds is 4. The minimum atomic E-state index is -0.817. The summed E-state index contributed by atoms with van der Waals surface area (Å²) in [4.78, 5) is 3.72. The molecule has 0 radical (unpaired) electrons. The lowest BCUT2D eigenvalue weighted by atomic mass is 10.1. The Balaban J connectivity index is 3.07. The molecule has 5 heteroatoms. The maximum absolute atomic E-state index is 14.1. The molecule has 102 valence electrons. The quantitative estimate of drug-likeness (QED) is 0.904. The van der Waals surface area contributed by atoms with E-state index in [-0.39, 0.29) is 24.6 Å². The molecule has 0 aromatic carbocycles. The maximum atomic E-state index is 14.1. The molecular formula is C13H19F2NO2. The molecule has 1 aromatic heterocycles. The van der Waals surface area contributed by atoms with Crippen molar-refractivity contribution in [3.8, 4) is 5.75 Å². The third-order valence-corrected chi connectivity index (χ3v) is 2.27. The highest BCUT2D eigenvalue weighted by Gasteiger charge is 2.22. The highest BCUT2D eigenvalue weighted by molar-refractivity contribution is 5.28. The van der Waals surface area contributed by atoms with Crippen LogP contribution in [0.25, 0.3) is 0 Å². The molecule has 0 fully saturated rings. The molecule has 0 saturated carbocycles. The zero-order valence-electron chi connectivity index (χ0n) is 11.1. The van der Waals surface area contributed by atoms with Crippen LogP contribution in [-0.2, 0) is 6.42 Å². The fourth-order valence-corrected chi connectivity index (χ4v) is 1.42. The number of halogens is 2. The Hall–Kier alpha value is -1.23. The van der Waals surface area contributed by atoms with Crippen molar-refractivity contribution in [3.63, 3.8) is 0 Å². The van der Waals surface area contributed by atoms with E-state index in [0.717, 1.165) is 6.20 Å². The molecule has 18 heavy (non-hydrogen) atoms. The summed E-state index contributed by atoms with van der Waals surface area (Å²) in [5.41, 5.74) is -0.583. The van der Waals surface area contributed by atoms with Crippen molar-refractivity contribution in [2.45, 2.75) is 39.7 Å². The van der Waals surface area contributed by atoms with Crippen LogP contribution in [0.5, 0.6) is 5.75 Å². The van der Waals surface area contributed by atoms with Crippen molar-refractivity contribution in [1.82, 2.24) is 4.98 Å². The van der Waals surface area contributed by atoms with Gasteiger partial charge in [0, 0.05) is 6.61 Å². The van der Waals surface area contributed by atoms with Crippen LogP contribution < -0.4 is 4.74 Å². The van der Waals surface area contributed by atoms with Gasteiger partial charge < -0.3 is 9.84 Å². The summed E-state index contributed by atoms with van der Waals surface area (Å²) in [5.74, 6) is -2.15. The monoisotopic (exact) mass is 259 g/mol. The molecule has 1 rings (SSSR count). The van der Waals surface area contributed by atoms with Gasteiger partial charge in [0.1, 0.15) is 5.60 Å². The van der Waals surface area contributed by atoms with Gasteiger partial charge in [-0.3, -0.25) is 4.98 Å². The third kappa shape index (κ3) is 3.91. The van der Waals surface area contributed by atoms with E-state index >= 15 is 0 Å². The summed E-state index contributed by atoms with van der Waals surface area (Å²) in [6.45, 7) is 6.82. The van der Waals surface area contributed by atoms with Crippen molar-refractivity contribution in [1.29, 1.82) is 0 Å². The van der Waals surface area contributed by atoms with Crippen molar-refractivity contribution < 1.29 is 18.6 Å². The summed E-state index contributed by atoms with van der Waals surface area (Å²) in [7, 11) is 0. The number of aliphatic hydroxyl groups is 1. The summed E-state index contributed by atoms with van der Waals surface area (Å²) in [5, 5.41) is 8.94. The molecule has 0 amide bonds. The van der Waals surface area contributed by atoms with Gasteiger partial charge in [0.2, 0.25) is 0 Å². The van der Waals surface area contributed by atoms with Gasteiger partial charge in [0.15, 0.2) is 17.4 Å². The number of hydrogen-bond donors (Lipinski definition) is 1. The molecule has 0 spiro atoms. The van der Waals surface area contributed by atoms with E-state index in [9.17, 15) is 8.78 Å². The molecule has 1 N–H and O–H groups in total. The van der Waals surface area contributed by atoms with Crippen molar-refractivity contribution in [3.05, 3.63) is 23.5 Å². The predicted molar refractivity (Wildman–Crippen MR) is 64.5 cm³/mol. The molecule has 0 saturated heterocycles. The van der Waals surface area contributed by atoms with Crippen molar-refractivity contribution >= 4 is 0 Å². The SMILES string of the molecule is C[C@@H](CO)Cc1ncc(F)c(OC(C)(C)C)c1F. The van der Waals surface area contributed by atoms with Crippen LogP contribution >= 0.6 is 0 Å². The van der Waals surface area contributed by atoms with E-state index in [1.54, 1.807) is 27.7 Å². The van der Waals surface area contributed by atoms with Crippen LogP contribution in [0.2, 0.25) is 0 Å². The first-order chi connectivity index (χ1) is 8.24. The molecule has 0 unspecified atom stereocenters. The Kier molecular flexibility index (Phi) is 4.62. The van der Waals surface area contributed by atoms with E-state index < -0.39 is 23.0 Å². The fraction of sp³-hybridized carbons (Fsp3) is 0.615. The van der Waals surface area contributed by atoms with Gasteiger partial charge in [-0.05, 0) is 33.1 Å². The van der Waals surface area contributed by atoms with E-state index in [1.807, 2.05) is 0 Å². The second-order valence-electron chi connectivity index (χ2n) is 5.40. The lowest BCUT2D eigenvalue weighted by Crippen LogP contribution is -2.25. The molecule has 0 aliphatic rings. The lowest BCUT2D eigenvalue weighted by Gasteiger charge is -2.22. The number of nitrogens with zero attached hydrogens (tertiary/aromatic N) is 1. The van der Waals surface area contributed by atoms with Crippen LogP contribution in [0.4, 0.5) is 8.78 Å². The Labute approximate surface area is 106 Å². The molecular weight excluding hydrogens is 240 g/mol. The molecule has 1 heterocycles. The number of hydrogen-bond acceptors (Lipinski definition) is 3. The zero-order valence-corrected chi connectivity index (χ0v) is 11.1. The summed E-state index contributed by atoms with van der Waals surface area (Å²) in [6.07, 6.45) is 1.19. The molecule has 1 aromatic rings. The van der Waals surface area contributed by atoms with Crippen molar-refractivity contribution in [2.24, 2.45) is 5.92 Å².